The number of nitrogens with zero attached hydrogens (tertiary/aromatic N) is 3. The molecule has 9 heteroatoms. The Kier molecular flexibility index (Phi) is 4.97. The van der Waals surface area contributed by atoms with Gasteiger partial charge in [0.1, 0.15) is 0 Å². The Bertz CT molecular complexity index is 1110. The first-order valence-corrected chi connectivity index (χ1v) is 10.9. The predicted octanol–water partition coefficient (Wildman–Crippen LogP) is 3.84. The lowest BCUT2D eigenvalue weighted by Gasteiger charge is -2.31. The van der Waals surface area contributed by atoms with Crippen molar-refractivity contribution in [3.63, 3.8) is 0 Å². The minimum absolute atomic E-state index is 0.0860. The normalized spacial score (nSPS) is 25.8. The van der Waals surface area contributed by atoms with Crippen LogP contribution in [0.5, 0.6) is 0 Å². The van der Waals surface area contributed by atoms with Crippen molar-refractivity contribution in [1.82, 2.24) is 10.0 Å². The van der Waals surface area contributed by atoms with Crippen LogP contribution in [0.15, 0.2) is 48.5 Å². The van der Waals surface area contributed by atoms with Crippen LogP contribution < -0.4 is 0 Å². The summed E-state index contributed by atoms with van der Waals surface area (Å²) in [6.07, 6.45) is 2.75. The summed E-state index contributed by atoms with van der Waals surface area (Å²) in [5.41, 5.74) is 0.644. The molecule has 5 rings (SSSR count). The topological polar surface area (TPSA) is 101 Å². The lowest BCUT2D eigenvalue weighted by Crippen LogP contribution is -2.50. The molecule has 1 heterocycles. The monoisotopic (exact) mass is 453 g/mol. The van der Waals surface area contributed by atoms with E-state index in [1.807, 2.05) is 0 Å². The summed E-state index contributed by atoms with van der Waals surface area (Å²) in [7, 11) is 0. The van der Waals surface area contributed by atoms with Crippen molar-refractivity contribution >= 4 is 35.0 Å². The van der Waals surface area contributed by atoms with Gasteiger partial charge in [0.05, 0.1) is 33.9 Å². The fraction of sp³-hybridized carbons (Fsp3) is 0.348. The molecule has 164 valence electrons. The molecule has 8 nitrogen and oxygen atoms in total. The Balaban J connectivity index is 1.52. The second-order valence-corrected chi connectivity index (χ2v) is 9.05. The van der Waals surface area contributed by atoms with E-state index in [-0.39, 0.29) is 58.3 Å². The quantitative estimate of drug-likeness (QED) is 0.389. The summed E-state index contributed by atoms with van der Waals surface area (Å²) >= 11 is 6.24. The first-order valence-electron chi connectivity index (χ1n) is 10.5. The third-order valence-electron chi connectivity index (χ3n) is 6.96. The maximum Gasteiger partial charge on any atom is 0.274 e. The van der Waals surface area contributed by atoms with Gasteiger partial charge in [-0.05, 0) is 48.8 Å². The zero-order valence-electron chi connectivity index (χ0n) is 17.0. The summed E-state index contributed by atoms with van der Waals surface area (Å²) in [6, 6.07) is 12.2. The summed E-state index contributed by atoms with van der Waals surface area (Å²) in [4.78, 5) is 50.7. The number of fused-ring (bicyclic) bond motifs is 5. The van der Waals surface area contributed by atoms with Crippen LogP contribution in [0.1, 0.15) is 35.2 Å². The van der Waals surface area contributed by atoms with E-state index in [2.05, 4.69) is 0 Å². The van der Waals surface area contributed by atoms with Crippen LogP contribution in [0, 0.1) is 33.8 Å². The molecular weight excluding hydrogens is 434 g/mol. The molecule has 32 heavy (non-hydrogen) atoms. The van der Waals surface area contributed by atoms with Gasteiger partial charge in [0.2, 0.25) is 0 Å². The van der Waals surface area contributed by atoms with Gasteiger partial charge in [0, 0.05) is 12.1 Å². The van der Waals surface area contributed by atoms with E-state index in [9.17, 15) is 24.5 Å². The first-order chi connectivity index (χ1) is 15.4. The molecule has 2 aromatic rings. The van der Waals surface area contributed by atoms with Crippen molar-refractivity contribution in [3.05, 3.63) is 74.8 Å². The van der Waals surface area contributed by atoms with Crippen LogP contribution in [0.4, 0.5) is 5.69 Å². The fourth-order valence-electron chi connectivity index (χ4n) is 5.53. The highest BCUT2D eigenvalue weighted by Gasteiger charge is 2.62. The second kappa shape index (κ2) is 7.70. The van der Waals surface area contributed by atoms with Crippen molar-refractivity contribution in [2.45, 2.75) is 25.8 Å². The molecular formula is C23H20ClN3O5. The number of amides is 3. The van der Waals surface area contributed by atoms with Crippen molar-refractivity contribution in [1.29, 1.82) is 0 Å². The SMILES string of the molecule is O=C(c1ccccc1Cl)N(Cc1ccc([N+](=O)[O-])cc1)N1C(=O)[C@@H]2[C@H]3CC[C@@H](C3)[C@H]2C1=O. The molecule has 3 fully saturated rings. The third kappa shape index (κ3) is 3.17. The van der Waals surface area contributed by atoms with Gasteiger partial charge in [-0.3, -0.25) is 24.5 Å². The smallest absolute Gasteiger partial charge is 0.272 e. The Morgan fingerprint density at radius 3 is 2.19 bits per heavy atom. The molecule has 2 bridgehead atoms. The molecule has 1 saturated heterocycles. The maximum atomic E-state index is 13.5. The van der Waals surface area contributed by atoms with Crippen LogP contribution in [0.2, 0.25) is 5.02 Å². The van der Waals surface area contributed by atoms with Gasteiger partial charge in [-0.15, -0.1) is 0 Å². The Morgan fingerprint density at radius 1 is 1.03 bits per heavy atom. The van der Waals surface area contributed by atoms with Gasteiger partial charge in [0.25, 0.3) is 23.4 Å². The van der Waals surface area contributed by atoms with E-state index < -0.39 is 10.8 Å². The van der Waals surface area contributed by atoms with Crippen molar-refractivity contribution in [2.24, 2.45) is 23.7 Å². The lowest BCUT2D eigenvalue weighted by molar-refractivity contribution is -0.384. The summed E-state index contributed by atoms with van der Waals surface area (Å²) in [5, 5.41) is 13.3. The number of carbonyl (C=O) groups excluding carboxylic acids is 3. The van der Waals surface area contributed by atoms with Crippen LogP contribution in [-0.2, 0) is 16.1 Å². The number of nitro groups is 1. The Morgan fingerprint density at radius 2 is 1.62 bits per heavy atom. The third-order valence-corrected chi connectivity index (χ3v) is 7.29. The van der Waals surface area contributed by atoms with E-state index >= 15 is 0 Å². The highest BCUT2D eigenvalue weighted by Crippen LogP contribution is 2.56. The number of carbonyl (C=O) groups is 3. The minimum atomic E-state index is -0.567. The molecule has 2 aromatic carbocycles. The molecule has 3 aliphatic rings. The van der Waals surface area contributed by atoms with Gasteiger partial charge in [-0.2, -0.15) is 5.01 Å². The van der Waals surface area contributed by atoms with Gasteiger partial charge < -0.3 is 0 Å². The molecule has 2 aliphatic carbocycles. The number of hydrazine groups is 1. The predicted molar refractivity (Wildman–Crippen MR) is 114 cm³/mol. The number of hydrogen-bond acceptors (Lipinski definition) is 5. The second-order valence-electron chi connectivity index (χ2n) is 8.64. The Hall–Kier alpha value is -3.26. The average Bonchev–Trinajstić information content (AvgIpc) is 3.46. The van der Waals surface area contributed by atoms with Crippen molar-refractivity contribution in [2.75, 3.05) is 0 Å². The number of hydrogen-bond donors (Lipinski definition) is 0. The molecule has 0 radical (unpaired) electrons. The van der Waals surface area contributed by atoms with Gasteiger partial charge in [-0.25, -0.2) is 5.01 Å². The molecule has 2 saturated carbocycles. The number of halogens is 1. The van der Waals surface area contributed by atoms with Gasteiger partial charge >= 0.3 is 0 Å². The van der Waals surface area contributed by atoms with Crippen LogP contribution in [-0.4, -0.2) is 32.7 Å². The van der Waals surface area contributed by atoms with Crippen molar-refractivity contribution < 1.29 is 19.3 Å². The standard InChI is InChI=1S/C23H20ClN3O5/c24-18-4-2-1-3-17(18)21(28)25(12-13-5-9-16(10-6-13)27(31)32)26-22(29)19-14-7-8-15(11-14)20(19)23(26)30/h1-6,9-10,14-15,19-20H,7-8,11-12H2/t14-,15-,19+,20+/m0/s1. The van der Waals surface area contributed by atoms with Crippen LogP contribution in [0.3, 0.4) is 0 Å². The van der Waals surface area contributed by atoms with E-state index in [4.69, 9.17) is 11.6 Å². The highest BCUT2D eigenvalue weighted by atomic mass is 35.5. The van der Waals surface area contributed by atoms with E-state index in [0.29, 0.717) is 5.56 Å². The van der Waals surface area contributed by atoms with Gasteiger partial charge in [-0.1, -0.05) is 35.9 Å². The molecule has 0 N–H and O–H groups in total. The van der Waals surface area contributed by atoms with Crippen molar-refractivity contribution in [3.8, 4) is 0 Å². The van der Waals surface area contributed by atoms with Crippen LogP contribution in [0.25, 0.3) is 0 Å². The molecule has 4 atom stereocenters. The lowest BCUT2D eigenvalue weighted by atomic mass is 9.81. The van der Waals surface area contributed by atoms with E-state index in [1.165, 1.54) is 24.3 Å². The maximum absolute atomic E-state index is 13.5. The van der Waals surface area contributed by atoms with Gasteiger partial charge in [0.15, 0.2) is 0 Å². The molecule has 3 amide bonds. The average molecular weight is 454 g/mol. The number of nitro benzene ring substituents is 1. The molecule has 0 aromatic heterocycles. The zero-order valence-corrected chi connectivity index (χ0v) is 17.8. The minimum Gasteiger partial charge on any atom is -0.272 e. The number of non-ortho nitro benzene ring substituents is 1. The van der Waals surface area contributed by atoms with E-state index in [0.717, 1.165) is 29.3 Å². The Labute approximate surface area is 188 Å². The number of imide groups is 1. The molecule has 1 aliphatic heterocycles. The van der Waals surface area contributed by atoms with Crippen LogP contribution >= 0.6 is 11.6 Å². The molecule has 0 unspecified atom stereocenters. The molecule has 0 spiro atoms. The van der Waals surface area contributed by atoms with E-state index in [1.54, 1.807) is 24.3 Å². The summed E-state index contributed by atoms with van der Waals surface area (Å²) in [6.45, 7) is -0.0890. The fourth-order valence-corrected chi connectivity index (χ4v) is 5.75. The summed E-state index contributed by atoms with van der Waals surface area (Å²) in [5.74, 6) is -1.63. The number of rotatable bonds is 5. The number of benzene rings is 2. The highest BCUT2D eigenvalue weighted by molar-refractivity contribution is 6.33. The zero-order chi connectivity index (χ0) is 22.6. The first kappa shape index (κ1) is 20.6. The largest absolute Gasteiger partial charge is 0.274 e. The summed E-state index contributed by atoms with van der Waals surface area (Å²) < 4.78 is 0.